The standard InChI is InChI=1S/C15H17FN2O2S/c1-11-7-8-14-12(2)18(10-9-17(11)14)21(19,20)15-6-4-3-5-13(15)16/h3-8,12H,9-10H2,1-2H3/t12-/m0/s1. The van der Waals surface area contributed by atoms with Gasteiger partial charge in [-0.2, -0.15) is 4.31 Å². The number of halogens is 1. The molecule has 0 radical (unpaired) electrons. The Hall–Kier alpha value is -1.66. The fourth-order valence-electron chi connectivity index (χ4n) is 2.91. The summed E-state index contributed by atoms with van der Waals surface area (Å²) in [5.41, 5.74) is 2.05. The SMILES string of the molecule is Cc1ccc2n1CCN(S(=O)(=O)c1ccccc1F)[C@H]2C. The van der Waals surface area contributed by atoms with Gasteiger partial charge in [0.2, 0.25) is 10.0 Å². The first kappa shape index (κ1) is 14.3. The third-order valence-electron chi connectivity index (χ3n) is 4.06. The van der Waals surface area contributed by atoms with Crippen molar-refractivity contribution in [2.45, 2.75) is 31.3 Å². The zero-order valence-corrected chi connectivity index (χ0v) is 12.8. The van der Waals surface area contributed by atoms with Gasteiger partial charge in [0, 0.05) is 24.5 Å². The summed E-state index contributed by atoms with van der Waals surface area (Å²) in [5.74, 6) is -0.707. The molecule has 3 rings (SSSR count). The Morgan fingerprint density at radius 2 is 1.86 bits per heavy atom. The Bertz CT molecular complexity index is 783. The van der Waals surface area contributed by atoms with Gasteiger partial charge in [-0.25, -0.2) is 12.8 Å². The lowest BCUT2D eigenvalue weighted by atomic mass is 10.2. The van der Waals surface area contributed by atoms with Gasteiger partial charge < -0.3 is 4.57 Å². The molecule has 21 heavy (non-hydrogen) atoms. The van der Waals surface area contributed by atoms with Crippen LogP contribution in [0.2, 0.25) is 0 Å². The van der Waals surface area contributed by atoms with Crippen LogP contribution in [-0.2, 0) is 16.6 Å². The highest BCUT2D eigenvalue weighted by Gasteiger charge is 2.35. The van der Waals surface area contributed by atoms with Crippen molar-refractivity contribution < 1.29 is 12.8 Å². The van der Waals surface area contributed by atoms with Gasteiger partial charge in [-0.3, -0.25) is 0 Å². The number of sulfonamides is 1. The summed E-state index contributed by atoms with van der Waals surface area (Å²) < 4.78 is 42.8. The first-order valence-corrected chi connectivity index (χ1v) is 8.29. The Kier molecular flexibility index (Phi) is 3.37. The van der Waals surface area contributed by atoms with Gasteiger partial charge in [-0.15, -0.1) is 0 Å². The molecule has 0 amide bonds. The molecule has 112 valence electrons. The maximum atomic E-state index is 13.9. The number of hydrogen-bond acceptors (Lipinski definition) is 2. The van der Waals surface area contributed by atoms with Gasteiger partial charge in [-0.1, -0.05) is 12.1 Å². The highest BCUT2D eigenvalue weighted by molar-refractivity contribution is 7.89. The van der Waals surface area contributed by atoms with Crippen LogP contribution < -0.4 is 0 Å². The molecule has 0 saturated heterocycles. The normalized spacial score (nSPS) is 19.5. The third kappa shape index (κ3) is 2.18. The molecule has 0 fully saturated rings. The smallest absolute Gasteiger partial charge is 0.246 e. The molecule has 0 aliphatic carbocycles. The Labute approximate surface area is 123 Å². The van der Waals surface area contributed by atoms with Crippen molar-refractivity contribution in [1.82, 2.24) is 8.87 Å². The van der Waals surface area contributed by atoms with Crippen LogP contribution in [0.3, 0.4) is 0 Å². The second kappa shape index (κ2) is 4.96. The number of hydrogen-bond donors (Lipinski definition) is 0. The first-order valence-electron chi connectivity index (χ1n) is 6.85. The number of rotatable bonds is 2. The van der Waals surface area contributed by atoms with E-state index in [1.165, 1.54) is 28.6 Å². The van der Waals surface area contributed by atoms with Crippen LogP contribution in [0.15, 0.2) is 41.3 Å². The predicted octanol–water partition coefficient (Wildman–Crippen LogP) is 2.70. The Morgan fingerprint density at radius 3 is 2.57 bits per heavy atom. The molecule has 0 unspecified atom stereocenters. The molecule has 1 aromatic carbocycles. The maximum Gasteiger partial charge on any atom is 0.246 e. The zero-order valence-electron chi connectivity index (χ0n) is 12.0. The first-order chi connectivity index (χ1) is 9.93. The van der Waals surface area contributed by atoms with E-state index >= 15 is 0 Å². The van der Waals surface area contributed by atoms with E-state index in [4.69, 9.17) is 0 Å². The van der Waals surface area contributed by atoms with Crippen LogP contribution >= 0.6 is 0 Å². The monoisotopic (exact) mass is 308 g/mol. The minimum Gasteiger partial charge on any atom is -0.346 e. The molecule has 1 aliphatic heterocycles. The Morgan fingerprint density at radius 1 is 1.14 bits per heavy atom. The molecule has 6 heteroatoms. The molecule has 0 N–H and O–H groups in total. The van der Waals surface area contributed by atoms with E-state index in [0.717, 1.165) is 11.4 Å². The molecule has 1 atom stereocenters. The van der Waals surface area contributed by atoms with Crippen molar-refractivity contribution in [3.8, 4) is 0 Å². The zero-order chi connectivity index (χ0) is 15.2. The second-order valence-electron chi connectivity index (χ2n) is 5.27. The fourth-order valence-corrected chi connectivity index (χ4v) is 4.57. The molecule has 0 bridgehead atoms. The van der Waals surface area contributed by atoms with E-state index in [2.05, 4.69) is 4.57 Å². The molecule has 0 spiro atoms. The summed E-state index contributed by atoms with van der Waals surface area (Å²) in [6.07, 6.45) is 0. The van der Waals surface area contributed by atoms with Gasteiger partial charge in [0.05, 0.1) is 6.04 Å². The predicted molar refractivity (Wildman–Crippen MR) is 77.9 cm³/mol. The number of aryl methyl sites for hydroxylation is 1. The highest BCUT2D eigenvalue weighted by Crippen LogP contribution is 2.32. The lowest BCUT2D eigenvalue weighted by molar-refractivity contribution is 0.279. The molecule has 2 heterocycles. The van der Waals surface area contributed by atoms with Crippen molar-refractivity contribution in [3.05, 3.63) is 53.6 Å². The van der Waals surface area contributed by atoms with Crippen molar-refractivity contribution in [2.24, 2.45) is 0 Å². The minimum atomic E-state index is -3.83. The average molecular weight is 308 g/mol. The molecule has 1 aromatic heterocycles. The van der Waals surface area contributed by atoms with E-state index in [1.54, 1.807) is 0 Å². The summed E-state index contributed by atoms with van der Waals surface area (Å²) in [6, 6.07) is 9.12. The van der Waals surface area contributed by atoms with Crippen molar-refractivity contribution in [3.63, 3.8) is 0 Å². The van der Waals surface area contributed by atoms with E-state index in [-0.39, 0.29) is 10.9 Å². The molecule has 1 aliphatic rings. The van der Waals surface area contributed by atoms with Crippen LogP contribution in [0, 0.1) is 12.7 Å². The molecular weight excluding hydrogens is 291 g/mol. The van der Waals surface area contributed by atoms with Crippen molar-refractivity contribution in [2.75, 3.05) is 6.54 Å². The Balaban J connectivity index is 2.04. The number of fused-ring (bicyclic) bond motifs is 1. The average Bonchev–Trinajstić information content (AvgIpc) is 2.82. The fraction of sp³-hybridized carbons (Fsp3) is 0.333. The minimum absolute atomic E-state index is 0.256. The van der Waals surface area contributed by atoms with Gasteiger partial charge in [-0.05, 0) is 38.1 Å². The molecule has 2 aromatic rings. The van der Waals surface area contributed by atoms with Gasteiger partial charge in [0.15, 0.2) is 0 Å². The van der Waals surface area contributed by atoms with Gasteiger partial charge in [0.25, 0.3) is 0 Å². The van der Waals surface area contributed by atoms with E-state index < -0.39 is 15.8 Å². The number of nitrogens with zero attached hydrogens (tertiary/aromatic N) is 2. The van der Waals surface area contributed by atoms with Crippen LogP contribution in [0.1, 0.15) is 24.4 Å². The summed E-state index contributed by atoms with van der Waals surface area (Å²) in [7, 11) is -3.83. The van der Waals surface area contributed by atoms with E-state index in [9.17, 15) is 12.8 Å². The largest absolute Gasteiger partial charge is 0.346 e. The lowest BCUT2D eigenvalue weighted by Gasteiger charge is -2.34. The van der Waals surface area contributed by atoms with Crippen molar-refractivity contribution >= 4 is 10.0 Å². The quantitative estimate of drug-likeness (QED) is 0.856. The van der Waals surface area contributed by atoms with Crippen LogP contribution in [0.5, 0.6) is 0 Å². The van der Waals surface area contributed by atoms with Gasteiger partial charge >= 0.3 is 0 Å². The molecular formula is C15H17FN2O2S. The number of benzene rings is 1. The summed E-state index contributed by atoms with van der Waals surface area (Å²) in [4.78, 5) is -0.256. The van der Waals surface area contributed by atoms with Gasteiger partial charge in [0.1, 0.15) is 10.7 Å². The number of aromatic nitrogens is 1. The van der Waals surface area contributed by atoms with Crippen LogP contribution in [0.25, 0.3) is 0 Å². The van der Waals surface area contributed by atoms with Crippen LogP contribution in [0.4, 0.5) is 4.39 Å². The topological polar surface area (TPSA) is 42.3 Å². The third-order valence-corrected chi connectivity index (χ3v) is 6.06. The highest BCUT2D eigenvalue weighted by atomic mass is 32.2. The van der Waals surface area contributed by atoms with E-state index in [0.29, 0.717) is 13.1 Å². The summed E-state index contributed by atoms with van der Waals surface area (Å²) in [6.45, 7) is 4.77. The van der Waals surface area contributed by atoms with Crippen LogP contribution in [-0.4, -0.2) is 23.8 Å². The molecule has 0 saturated carbocycles. The molecule has 4 nitrogen and oxygen atoms in total. The van der Waals surface area contributed by atoms with E-state index in [1.807, 2.05) is 26.0 Å². The lowest BCUT2D eigenvalue weighted by Crippen LogP contribution is -2.41. The summed E-state index contributed by atoms with van der Waals surface area (Å²) >= 11 is 0. The maximum absolute atomic E-state index is 13.9. The second-order valence-corrected chi connectivity index (χ2v) is 7.13. The summed E-state index contributed by atoms with van der Waals surface area (Å²) in [5, 5.41) is 0. The van der Waals surface area contributed by atoms with Crippen molar-refractivity contribution in [1.29, 1.82) is 0 Å².